The fourth-order valence-electron chi connectivity index (χ4n) is 6.24. The quantitative estimate of drug-likeness (QED) is 0.115. The molecular weight excluding hydrogens is 527 g/mol. The second-order valence-electron chi connectivity index (χ2n) is 12.5. The molecule has 0 heterocycles. The van der Waals surface area contributed by atoms with Crippen LogP contribution in [0.25, 0.3) is 0 Å². The Morgan fingerprint density at radius 1 is 0.850 bits per heavy atom. The number of benzene rings is 2. The number of aliphatic hydroxyl groups excluding tert-OH is 1. The molecule has 0 saturated carbocycles. The topological polar surface area (TPSA) is 46.5 Å². The molecule has 2 rings (SSSR count). The molecule has 224 valence electrons. The van der Waals surface area contributed by atoms with Crippen molar-refractivity contribution in [3.8, 4) is 0 Å². The van der Waals surface area contributed by atoms with Crippen molar-refractivity contribution >= 4 is 26.1 Å². The van der Waals surface area contributed by atoms with Crippen molar-refractivity contribution in [1.82, 2.24) is 0 Å². The highest BCUT2D eigenvalue weighted by atomic mass is 31.2. The summed E-state index contributed by atoms with van der Waals surface area (Å²) in [6.45, 7) is 20.0. The van der Waals surface area contributed by atoms with Crippen molar-refractivity contribution in [1.29, 1.82) is 0 Å². The lowest BCUT2D eigenvalue weighted by molar-refractivity contribution is 0.129. The first-order chi connectivity index (χ1) is 18.9. The van der Waals surface area contributed by atoms with Crippen LogP contribution >= 0.6 is 7.14 Å². The predicted octanol–water partition coefficient (Wildman–Crippen LogP) is 9.19. The number of hydrogen-bond acceptors (Lipinski definition) is 3. The molecule has 5 heteroatoms. The number of hydrogen-bond donors (Lipinski definition) is 1. The molecule has 3 nitrogen and oxygen atoms in total. The molecule has 2 aromatic carbocycles. The maximum absolute atomic E-state index is 14.8. The minimum absolute atomic E-state index is 0.133. The van der Waals surface area contributed by atoms with Crippen LogP contribution in [0.2, 0.25) is 18.1 Å². The highest BCUT2D eigenvalue weighted by molar-refractivity contribution is 7.79. The second kappa shape index (κ2) is 16.3. The summed E-state index contributed by atoms with van der Waals surface area (Å²) in [7, 11) is -4.90. The van der Waals surface area contributed by atoms with Crippen LogP contribution in [0.3, 0.4) is 0 Å². The zero-order valence-electron chi connectivity index (χ0n) is 26.8. The average Bonchev–Trinajstić information content (AvgIpc) is 2.96. The van der Waals surface area contributed by atoms with E-state index in [-0.39, 0.29) is 12.0 Å². The standard InChI is InChI=1S/C35H57O3PSi/c1-10-40(11-2,12-3)38-34(24-23-28(6)25-27(4)5)29(7)26-30(8)35(36)31(9)39(37,32-19-15-13-16-20-32)33-21-17-14-18-22-33/h13-22,26-29,31,34-36H,10-12,23-25H2,1-9H3/b30-26+/t28-,29-,31?,34-,35?/m1/s1. The maximum atomic E-state index is 14.8. The van der Waals surface area contributed by atoms with Crippen LogP contribution in [0, 0.1) is 17.8 Å². The number of rotatable bonds is 17. The molecule has 0 amide bonds. The molecule has 0 radical (unpaired) electrons. The van der Waals surface area contributed by atoms with Crippen LogP contribution in [0.15, 0.2) is 72.3 Å². The van der Waals surface area contributed by atoms with Crippen molar-refractivity contribution < 1.29 is 14.1 Å². The van der Waals surface area contributed by atoms with Gasteiger partial charge < -0.3 is 14.1 Å². The minimum Gasteiger partial charge on any atom is -0.413 e. The zero-order chi connectivity index (χ0) is 29.9. The summed E-state index contributed by atoms with van der Waals surface area (Å²) >= 11 is 0. The minimum atomic E-state index is -3.10. The van der Waals surface area contributed by atoms with Gasteiger partial charge in [0.2, 0.25) is 0 Å². The first-order valence-corrected chi connectivity index (χ1v) is 20.0. The Hall–Kier alpha value is -1.45. The van der Waals surface area contributed by atoms with E-state index < -0.39 is 27.2 Å². The Morgan fingerprint density at radius 3 is 1.75 bits per heavy atom. The summed E-state index contributed by atoms with van der Waals surface area (Å²) in [5, 5.41) is 13.3. The molecule has 0 aromatic heterocycles. The van der Waals surface area contributed by atoms with Crippen LogP contribution in [0.4, 0.5) is 0 Å². The van der Waals surface area contributed by atoms with Crippen LogP contribution in [-0.2, 0) is 8.99 Å². The fourth-order valence-corrected chi connectivity index (χ4v) is 12.3. The Kier molecular flexibility index (Phi) is 14.1. The first-order valence-electron chi connectivity index (χ1n) is 15.7. The summed E-state index contributed by atoms with van der Waals surface area (Å²) in [4.78, 5) is 0. The second-order valence-corrected chi connectivity index (χ2v) is 20.4. The van der Waals surface area contributed by atoms with E-state index in [4.69, 9.17) is 4.43 Å². The van der Waals surface area contributed by atoms with Crippen molar-refractivity contribution in [2.45, 2.75) is 118 Å². The van der Waals surface area contributed by atoms with Gasteiger partial charge in [0, 0.05) is 16.3 Å². The Balaban J connectivity index is 2.38. The van der Waals surface area contributed by atoms with Gasteiger partial charge in [-0.3, -0.25) is 0 Å². The molecule has 0 aliphatic rings. The third-order valence-electron chi connectivity index (χ3n) is 9.04. The summed E-state index contributed by atoms with van der Waals surface area (Å²) < 4.78 is 22.0. The highest BCUT2D eigenvalue weighted by Crippen LogP contribution is 2.50. The summed E-state index contributed by atoms with van der Waals surface area (Å²) in [5.41, 5.74) is 0.425. The maximum Gasteiger partial charge on any atom is 0.192 e. The molecule has 40 heavy (non-hydrogen) atoms. The molecular formula is C35H57O3PSi. The molecule has 0 bridgehead atoms. The molecule has 0 fully saturated rings. The van der Waals surface area contributed by atoms with Gasteiger partial charge in [0.25, 0.3) is 0 Å². The van der Waals surface area contributed by atoms with Gasteiger partial charge in [0.1, 0.15) is 7.14 Å². The van der Waals surface area contributed by atoms with Crippen LogP contribution in [0.5, 0.6) is 0 Å². The van der Waals surface area contributed by atoms with Gasteiger partial charge in [-0.25, -0.2) is 0 Å². The smallest absolute Gasteiger partial charge is 0.192 e. The summed E-state index contributed by atoms with van der Waals surface area (Å²) in [6, 6.07) is 22.8. The fraction of sp³-hybridized carbons (Fsp3) is 0.600. The van der Waals surface area contributed by atoms with E-state index in [1.807, 2.05) is 74.5 Å². The first kappa shape index (κ1) is 34.7. The van der Waals surface area contributed by atoms with E-state index in [0.717, 1.165) is 47.2 Å². The lowest BCUT2D eigenvalue weighted by atomic mass is 9.90. The third-order valence-corrected chi connectivity index (χ3v) is 17.3. The average molecular weight is 585 g/mol. The lowest BCUT2D eigenvalue weighted by Crippen LogP contribution is -2.42. The Morgan fingerprint density at radius 2 is 1.32 bits per heavy atom. The van der Waals surface area contributed by atoms with Crippen molar-refractivity contribution in [3.05, 3.63) is 72.3 Å². The normalized spacial score (nSPS) is 16.9. The molecule has 0 aliphatic carbocycles. The Bertz CT molecular complexity index is 1010. The van der Waals surface area contributed by atoms with Gasteiger partial charge in [-0.05, 0) is 67.6 Å². The van der Waals surface area contributed by atoms with Gasteiger partial charge >= 0.3 is 0 Å². The Labute approximate surface area is 247 Å². The molecule has 0 aliphatic heterocycles. The van der Waals surface area contributed by atoms with E-state index in [1.54, 1.807) is 0 Å². The van der Waals surface area contributed by atoms with E-state index in [1.165, 1.54) is 6.42 Å². The van der Waals surface area contributed by atoms with E-state index in [0.29, 0.717) is 11.8 Å². The summed E-state index contributed by atoms with van der Waals surface area (Å²) in [6.07, 6.45) is 4.94. The molecule has 2 aromatic rings. The molecule has 2 unspecified atom stereocenters. The number of aliphatic hydroxyl groups is 1. The van der Waals surface area contributed by atoms with Gasteiger partial charge in [0.15, 0.2) is 8.32 Å². The largest absolute Gasteiger partial charge is 0.413 e. The zero-order valence-corrected chi connectivity index (χ0v) is 28.7. The summed E-state index contributed by atoms with van der Waals surface area (Å²) in [5.74, 6) is 1.53. The van der Waals surface area contributed by atoms with Gasteiger partial charge in [-0.15, -0.1) is 0 Å². The molecule has 5 atom stereocenters. The molecule has 1 N–H and O–H groups in total. The molecule has 0 saturated heterocycles. The van der Waals surface area contributed by atoms with Gasteiger partial charge in [0.05, 0.1) is 12.2 Å². The van der Waals surface area contributed by atoms with Crippen LogP contribution in [0.1, 0.15) is 81.6 Å². The monoisotopic (exact) mass is 584 g/mol. The molecule has 0 spiro atoms. The SMILES string of the molecule is CC[Si](CC)(CC)O[C@H](CC[C@@H](C)CC(C)C)[C@H](C)/C=C(\C)C(O)C(C)P(=O)(c1ccccc1)c1ccccc1. The van der Waals surface area contributed by atoms with Gasteiger partial charge in [-0.2, -0.15) is 0 Å². The van der Waals surface area contributed by atoms with E-state index in [9.17, 15) is 9.67 Å². The van der Waals surface area contributed by atoms with Crippen LogP contribution in [-0.4, -0.2) is 31.3 Å². The van der Waals surface area contributed by atoms with Crippen LogP contribution < -0.4 is 10.6 Å². The third kappa shape index (κ3) is 9.02. The van der Waals surface area contributed by atoms with Crippen molar-refractivity contribution in [3.63, 3.8) is 0 Å². The van der Waals surface area contributed by atoms with Gasteiger partial charge in [-0.1, -0.05) is 122 Å². The predicted molar refractivity (Wildman–Crippen MR) is 178 cm³/mol. The lowest BCUT2D eigenvalue weighted by Gasteiger charge is -2.36. The van der Waals surface area contributed by atoms with Crippen molar-refractivity contribution in [2.75, 3.05) is 0 Å². The van der Waals surface area contributed by atoms with E-state index >= 15 is 0 Å². The highest BCUT2D eigenvalue weighted by Gasteiger charge is 2.39. The van der Waals surface area contributed by atoms with Crippen molar-refractivity contribution in [2.24, 2.45) is 17.8 Å². The van der Waals surface area contributed by atoms with E-state index in [2.05, 4.69) is 54.5 Å².